The van der Waals surface area contributed by atoms with Crippen molar-refractivity contribution in [2.45, 2.75) is 187 Å². The summed E-state index contributed by atoms with van der Waals surface area (Å²) in [7, 11) is -0.695. The Bertz CT molecular complexity index is 1320. The zero-order chi connectivity index (χ0) is 33.9. The summed E-state index contributed by atoms with van der Waals surface area (Å²) in [4.78, 5) is 0. The molecule has 2 unspecified atom stereocenters. The molecule has 2 aromatic carbocycles. The zero-order valence-electron chi connectivity index (χ0n) is 31.4. The van der Waals surface area contributed by atoms with Gasteiger partial charge < -0.3 is 18.6 Å². The lowest BCUT2D eigenvalue weighted by Crippen LogP contribution is -2.44. The van der Waals surface area contributed by atoms with Gasteiger partial charge in [-0.3, -0.25) is 0 Å². The monoisotopic (exact) mass is 642 g/mol. The van der Waals surface area contributed by atoms with Crippen molar-refractivity contribution in [2.75, 3.05) is 0 Å². The lowest BCUT2D eigenvalue weighted by Gasteiger charge is -2.36. The Morgan fingerprint density at radius 3 is 1.45 bits per heavy atom. The van der Waals surface area contributed by atoms with Crippen molar-refractivity contribution in [1.29, 1.82) is 0 Å². The quantitative estimate of drug-likeness (QED) is 0.127. The molecule has 5 rings (SSSR count). The van der Waals surface area contributed by atoms with Crippen LogP contribution in [0.2, 0.25) is 0 Å². The van der Waals surface area contributed by atoms with Crippen molar-refractivity contribution in [3.63, 3.8) is 0 Å². The standard InChI is InChI=1S/C41H64B2O4/c1-10-12-14-16-18-20-22-28-41(9)40(7,8)46-43(47-41)32-25-27-35-34-26-24-31(42-44-38(3,4)39(5,6)45-42)29-36(34)33(37(35)30-32)23-21-19-17-15-13-11-2/h24-27,29-30,33H,10-23,28H2,1-9H3. The third kappa shape index (κ3) is 7.92. The van der Waals surface area contributed by atoms with E-state index in [0.29, 0.717) is 5.92 Å². The zero-order valence-corrected chi connectivity index (χ0v) is 31.4. The van der Waals surface area contributed by atoms with Crippen molar-refractivity contribution < 1.29 is 18.6 Å². The van der Waals surface area contributed by atoms with E-state index < -0.39 is 0 Å². The van der Waals surface area contributed by atoms with Crippen molar-refractivity contribution in [2.24, 2.45) is 0 Å². The van der Waals surface area contributed by atoms with E-state index in [1.54, 1.807) is 0 Å². The summed E-state index contributed by atoms with van der Waals surface area (Å²) >= 11 is 0. The highest BCUT2D eigenvalue weighted by molar-refractivity contribution is 6.62. The van der Waals surface area contributed by atoms with Gasteiger partial charge in [-0.1, -0.05) is 134 Å². The first kappa shape index (κ1) is 36.7. The summed E-state index contributed by atoms with van der Waals surface area (Å²) in [6.07, 6.45) is 19.1. The number of unbranched alkanes of at least 4 members (excludes halogenated alkanes) is 11. The molecule has 0 aromatic heterocycles. The van der Waals surface area contributed by atoms with Crippen LogP contribution < -0.4 is 10.9 Å². The van der Waals surface area contributed by atoms with Crippen molar-refractivity contribution in [3.05, 3.63) is 47.5 Å². The summed E-state index contributed by atoms with van der Waals surface area (Å²) in [5.74, 6) is 0.349. The second-order valence-corrected chi connectivity index (χ2v) is 16.6. The van der Waals surface area contributed by atoms with Gasteiger partial charge in [0.05, 0.1) is 22.4 Å². The summed E-state index contributed by atoms with van der Waals surface area (Å²) < 4.78 is 26.6. The van der Waals surface area contributed by atoms with Gasteiger partial charge in [-0.2, -0.15) is 0 Å². The van der Waals surface area contributed by atoms with Gasteiger partial charge in [0.15, 0.2) is 0 Å². The molecule has 2 aliphatic heterocycles. The molecule has 0 saturated carbocycles. The Hall–Kier alpha value is -1.59. The van der Waals surface area contributed by atoms with Crippen LogP contribution in [0.3, 0.4) is 0 Å². The first-order valence-electron chi connectivity index (χ1n) is 19.3. The fourth-order valence-corrected chi connectivity index (χ4v) is 7.82. The number of hydrogen-bond acceptors (Lipinski definition) is 4. The highest BCUT2D eigenvalue weighted by Crippen LogP contribution is 2.48. The Morgan fingerprint density at radius 1 is 0.511 bits per heavy atom. The van der Waals surface area contributed by atoms with Crippen LogP contribution in [-0.4, -0.2) is 36.6 Å². The second kappa shape index (κ2) is 15.1. The summed E-state index contributed by atoms with van der Waals surface area (Å²) in [6.45, 7) is 19.8. The minimum atomic E-state index is -0.357. The first-order chi connectivity index (χ1) is 22.3. The van der Waals surface area contributed by atoms with E-state index in [1.165, 1.54) is 106 Å². The van der Waals surface area contributed by atoms with Crippen LogP contribution in [0.25, 0.3) is 11.1 Å². The highest BCUT2D eigenvalue weighted by atomic mass is 16.7. The molecule has 2 saturated heterocycles. The molecule has 2 aromatic rings. The van der Waals surface area contributed by atoms with Crippen LogP contribution in [0, 0.1) is 0 Å². The molecule has 258 valence electrons. The number of rotatable bonds is 17. The summed E-state index contributed by atoms with van der Waals surface area (Å²) in [5.41, 5.74) is 6.42. The molecule has 0 radical (unpaired) electrons. The van der Waals surface area contributed by atoms with Gasteiger partial charge in [-0.25, -0.2) is 0 Å². The van der Waals surface area contributed by atoms with Crippen LogP contribution in [0.5, 0.6) is 0 Å². The van der Waals surface area contributed by atoms with Crippen LogP contribution in [0.4, 0.5) is 0 Å². The van der Waals surface area contributed by atoms with E-state index in [1.807, 2.05) is 0 Å². The van der Waals surface area contributed by atoms with Crippen LogP contribution in [0.1, 0.15) is 176 Å². The van der Waals surface area contributed by atoms with Crippen LogP contribution >= 0.6 is 0 Å². The van der Waals surface area contributed by atoms with Crippen molar-refractivity contribution in [1.82, 2.24) is 0 Å². The minimum Gasteiger partial charge on any atom is -0.399 e. The molecule has 1 aliphatic carbocycles. The third-order valence-electron chi connectivity index (χ3n) is 12.1. The maximum atomic E-state index is 6.87. The highest BCUT2D eigenvalue weighted by Gasteiger charge is 2.54. The molecular weight excluding hydrogens is 578 g/mol. The summed E-state index contributed by atoms with van der Waals surface area (Å²) in [5, 5.41) is 0. The number of benzene rings is 2. The van der Waals surface area contributed by atoms with Crippen LogP contribution in [-0.2, 0) is 18.6 Å². The normalized spacial score (nSPS) is 23.8. The summed E-state index contributed by atoms with van der Waals surface area (Å²) in [6, 6.07) is 13.9. The molecule has 2 heterocycles. The average molecular weight is 643 g/mol. The van der Waals surface area contributed by atoms with E-state index in [9.17, 15) is 0 Å². The minimum absolute atomic E-state index is 0.307. The Labute approximate surface area is 288 Å². The largest absolute Gasteiger partial charge is 0.494 e. The Balaban J connectivity index is 1.34. The van der Waals surface area contributed by atoms with Crippen molar-refractivity contribution >= 4 is 25.2 Å². The Morgan fingerprint density at radius 2 is 0.936 bits per heavy atom. The topological polar surface area (TPSA) is 36.9 Å². The van der Waals surface area contributed by atoms with Crippen LogP contribution in [0.15, 0.2) is 36.4 Å². The molecule has 6 heteroatoms. The van der Waals surface area contributed by atoms with Crippen molar-refractivity contribution in [3.8, 4) is 11.1 Å². The molecule has 0 bridgehead atoms. The van der Waals surface area contributed by atoms with E-state index >= 15 is 0 Å². The SMILES string of the molecule is CCCCCCCCCC1(C)OB(c2ccc3c(c2)C(CCCCCCCC)c2cc(B4OC(C)(C)C(C)(C)O4)ccc2-3)OC1(C)C. The van der Waals surface area contributed by atoms with Gasteiger partial charge in [0.2, 0.25) is 0 Å². The van der Waals surface area contributed by atoms with E-state index in [2.05, 4.69) is 98.7 Å². The fourth-order valence-electron chi connectivity index (χ4n) is 7.82. The third-order valence-corrected chi connectivity index (χ3v) is 12.1. The van der Waals surface area contributed by atoms with E-state index in [4.69, 9.17) is 18.6 Å². The number of hydrogen-bond donors (Lipinski definition) is 0. The van der Waals surface area contributed by atoms with Gasteiger partial charge in [0.1, 0.15) is 0 Å². The maximum absolute atomic E-state index is 6.87. The maximum Gasteiger partial charge on any atom is 0.494 e. The predicted octanol–water partition coefficient (Wildman–Crippen LogP) is 10.3. The predicted molar refractivity (Wildman–Crippen MR) is 200 cm³/mol. The van der Waals surface area contributed by atoms with Gasteiger partial charge in [0, 0.05) is 5.92 Å². The Kier molecular flexibility index (Phi) is 11.8. The second-order valence-electron chi connectivity index (χ2n) is 16.6. The van der Waals surface area contributed by atoms with Gasteiger partial charge >= 0.3 is 14.2 Å². The molecule has 3 aliphatic rings. The van der Waals surface area contributed by atoms with Gasteiger partial charge in [-0.15, -0.1) is 0 Å². The smallest absolute Gasteiger partial charge is 0.399 e. The molecule has 0 N–H and O–H groups in total. The lowest BCUT2D eigenvalue weighted by atomic mass is 9.76. The lowest BCUT2D eigenvalue weighted by molar-refractivity contribution is -0.0172. The van der Waals surface area contributed by atoms with E-state index in [-0.39, 0.29) is 36.6 Å². The van der Waals surface area contributed by atoms with Gasteiger partial charge in [-0.05, 0) is 94.5 Å². The van der Waals surface area contributed by atoms with E-state index in [0.717, 1.165) is 23.8 Å². The fraction of sp³-hybridized carbons (Fsp3) is 0.707. The molecule has 47 heavy (non-hydrogen) atoms. The molecule has 0 spiro atoms. The number of fused-ring (bicyclic) bond motifs is 3. The average Bonchev–Trinajstić information content (AvgIpc) is 3.55. The van der Waals surface area contributed by atoms with Gasteiger partial charge in [0.25, 0.3) is 0 Å². The molecule has 2 fully saturated rings. The first-order valence-corrected chi connectivity index (χ1v) is 19.3. The molecular formula is C41H64B2O4. The molecule has 2 atom stereocenters. The molecule has 4 nitrogen and oxygen atoms in total. The molecule has 0 amide bonds.